The van der Waals surface area contributed by atoms with Gasteiger partial charge in [0, 0.05) is 29.7 Å². The summed E-state index contributed by atoms with van der Waals surface area (Å²) in [5.74, 6) is -1.04. The third-order valence-corrected chi connectivity index (χ3v) is 4.56. The minimum atomic E-state index is -0.943. The molecule has 0 saturated heterocycles. The molecule has 0 spiro atoms. The topological polar surface area (TPSA) is 62.5 Å². The summed E-state index contributed by atoms with van der Waals surface area (Å²) >= 11 is 0. The minimum absolute atomic E-state index is 0.0909. The van der Waals surface area contributed by atoms with Crippen molar-refractivity contribution in [1.29, 1.82) is 0 Å². The standard InChI is InChI=1S/C18H22N2O3/c1-3-19-11-13(15-6-4-5-7-16(15)19)10-17(21)20(14-8-9-14)12(2)18(22)23/h4-7,11-12,14H,3,8-10H2,1-2H3,(H,22,23). The van der Waals surface area contributed by atoms with Crippen LogP contribution in [0.5, 0.6) is 0 Å². The Morgan fingerprint density at radius 3 is 2.65 bits per heavy atom. The van der Waals surface area contributed by atoms with Crippen molar-refractivity contribution in [2.45, 2.75) is 51.7 Å². The molecule has 1 saturated carbocycles. The Labute approximate surface area is 135 Å². The summed E-state index contributed by atoms with van der Waals surface area (Å²) in [5.41, 5.74) is 2.08. The van der Waals surface area contributed by atoms with E-state index in [1.165, 1.54) is 0 Å². The SMILES string of the molecule is CCn1cc(CC(=O)N(C2CC2)C(C)C(=O)O)c2ccccc21. The van der Waals surface area contributed by atoms with Gasteiger partial charge in [-0.25, -0.2) is 4.79 Å². The average Bonchev–Trinajstić information content (AvgIpc) is 3.30. The third kappa shape index (κ3) is 2.96. The molecule has 5 nitrogen and oxygen atoms in total. The maximum atomic E-state index is 12.7. The van der Waals surface area contributed by atoms with Gasteiger partial charge < -0.3 is 14.6 Å². The number of hydrogen-bond donors (Lipinski definition) is 1. The molecule has 1 aromatic heterocycles. The summed E-state index contributed by atoms with van der Waals surface area (Å²) in [4.78, 5) is 25.6. The number of carbonyl (C=O) groups excluding carboxylic acids is 1. The van der Waals surface area contributed by atoms with Crippen LogP contribution in [0.1, 0.15) is 32.3 Å². The zero-order valence-corrected chi connectivity index (χ0v) is 13.5. The van der Waals surface area contributed by atoms with Crippen LogP contribution in [-0.4, -0.2) is 38.5 Å². The summed E-state index contributed by atoms with van der Waals surface area (Å²) in [5, 5.41) is 10.3. The number of aliphatic carboxylic acids is 1. The van der Waals surface area contributed by atoms with Crippen LogP contribution in [0, 0.1) is 0 Å². The molecule has 1 aromatic carbocycles. The fraction of sp³-hybridized carbons (Fsp3) is 0.444. The van der Waals surface area contributed by atoms with Crippen molar-refractivity contribution in [1.82, 2.24) is 9.47 Å². The first kappa shape index (κ1) is 15.6. The number of carboxylic acids is 1. The molecule has 1 unspecified atom stereocenters. The Morgan fingerprint density at radius 2 is 2.04 bits per heavy atom. The van der Waals surface area contributed by atoms with Crippen LogP contribution in [-0.2, 0) is 22.6 Å². The largest absolute Gasteiger partial charge is 0.480 e. The molecule has 1 amide bonds. The Balaban J connectivity index is 1.88. The molecule has 1 aliphatic carbocycles. The van der Waals surface area contributed by atoms with Crippen LogP contribution in [0.3, 0.4) is 0 Å². The van der Waals surface area contributed by atoms with Crippen LogP contribution in [0.25, 0.3) is 10.9 Å². The van der Waals surface area contributed by atoms with Gasteiger partial charge in [0.25, 0.3) is 0 Å². The number of benzene rings is 1. The van der Waals surface area contributed by atoms with E-state index in [0.29, 0.717) is 0 Å². The highest BCUT2D eigenvalue weighted by atomic mass is 16.4. The van der Waals surface area contributed by atoms with Crippen LogP contribution < -0.4 is 0 Å². The third-order valence-electron chi connectivity index (χ3n) is 4.56. The quantitative estimate of drug-likeness (QED) is 0.891. The van der Waals surface area contributed by atoms with E-state index in [-0.39, 0.29) is 18.4 Å². The van der Waals surface area contributed by atoms with Gasteiger partial charge in [-0.3, -0.25) is 4.79 Å². The van der Waals surface area contributed by atoms with Crippen molar-refractivity contribution in [3.63, 3.8) is 0 Å². The van der Waals surface area contributed by atoms with Gasteiger partial charge in [-0.2, -0.15) is 0 Å². The molecule has 3 rings (SSSR count). The molecule has 0 aliphatic heterocycles. The summed E-state index contributed by atoms with van der Waals surface area (Å²) in [6, 6.07) is 7.35. The lowest BCUT2D eigenvalue weighted by molar-refractivity contribution is -0.149. The van der Waals surface area contributed by atoms with E-state index < -0.39 is 12.0 Å². The molecule has 5 heteroatoms. The number of amides is 1. The average molecular weight is 314 g/mol. The number of fused-ring (bicyclic) bond motifs is 1. The fourth-order valence-corrected chi connectivity index (χ4v) is 3.19. The molecular weight excluding hydrogens is 292 g/mol. The predicted molar refractivity (Wildman–Crippen MR) is 88.3 cm³/mol. The summed E-state index contributed by atoms with van der Waals surface area (Å²) in [6.45, 7) is 4.50. The van der Waals surface area contributed by atoms with Gasteiger partial charge in [-0.05, 0) is 38.3 Å². The first-order valence-electron chi connectivity index (χ1n) is 8.13. The highest BCUT2D eigenvalue weighted by Crippen LogP contribution is 2.30. The smallest absolute Gasteiger partial charge is 0.326 e. The second-order valence-electron chi connectivity index (χ2n) is 6.18. The van der Waals surface area contributed by atoms with E-state index in [4.69, 9.17) is 0 Å². The number of rotatable bonds is 6. The molecule has 122 valence electrons. The molecule has 1 aliphatic rings. The molecule has 2 aromatic rings. The monoisotopic (exact) mass is 314 g/mol. The van der Waals surface area contributed by atoms with Gasteiger partial charge in [-0.1, -0.05) is 18.2 Å². The lowest BCUT2D eigenvalue weighted by Crippen LogP contribution is -2.45. The van der Waals surface area contributed by atoms with Gasteiger partial charge in [0.15, 0.2) is 0 Å². The van der Waals surface area contributed by atoms with E-state index in [9.17, 15) is 14.7 Å². The number of carboxylic acid groups (broad SMARTS) is 1. The number of nitrogens with zero attached hydrogens (tertiary/aromatic N) is 2. The van der Waals surface area contributed by atoms with Crippen molar-refractivity contribution in [3.05, 3.63) is 36.0 Å². The van der Waals surface area contributed by atoms with Gasteiger partial charge in [0.05, 0.1) is 6.42 Å². The molecule has 1 atom stereocenters. The Bertz CT molecular complexity index is 746. The summed E-state index contributed by atoms with van der Waals surface area (Å²) < 4.78 is 2.13. The van der Waals surface area contributed by atoms with E-state index in [2.05, 4.69) is 11.5 Å². The molecule has 1 heterocycles. The van der Waals surface area contributed by atoms with Crippen molar-refractivity contribution in [2.24, 2.45) is 0 Å². The van der Waals surface area contributed by atoms with Crippen LogP contribution in [0.15, 0.2) is 30.5 Å². The lowest BCUT2D eigenvalue weighted by atomic mass is 10.1. The minimum Gasteiger partial charge on any atom is -0.480 e. The van der Waals surface area contributed by atoms with Gasteiger partial charge in [-0.15, -0.1) is 0 Å². The first-order valence-corrected chi connectivity index (χ1v) is 8.13. The molecule has 23 heavy (non-hydrogen) atoms. The Hall–Kier alpha value is -2.30. The normalized spacial score (nSPS) is 15.6. The zero-order valence-electron chi connectivity index (χ0n) is 13.5. The molecular formula is C18H22N2O3. The van der Waals surface area contributed by atoms with E-state index >= 15 is 0 Å². The highest BCUT2D eigenvalue weighted by molar-refractivity contribution is 5.91. The number of aryl methyl sites for hydroxylation is 1. The summed E-state index contributed by atoms with van der Waals surface area (Å²) in [7, 11) is 0. The molecule has 0 radical (unpaired) electrons. The zero-order chi connectivity index (χ0) is 16.6. The van der Waals surface area contributed by atoms with Crippen LogP contribution >= 0.6 is 0 Å². The lowest BCUT2D eigenvalue weighted by Gasteiger charge is -2.26. The second-order valence-corrected chi connectivity index (χ2v) is 6.18. The summed E-state index contributed by atoms with van der Waals surface area (Å²) in [6.07, 6.45) is 4.07. The van der Waals surface area contributed by atoms with Gasteiger partial charge in [0.1, 0.15) is 6.04 Å². The molecule has 0 bridgehead atoms. The number of hydrogen-bond acceptors (Lipinski definition) is 2. The van der Waals surface area contributed by atoms with Crippen LogP contribution in [0.2, 0.25) is 0 Å². The van der Waals surface area contributed by atoms with Gasteiger partial charge in [0.2, 0.25) is 5.91 Å². The maximum Gasteiger partial charge on any atom is 0.326 e. The number of aromatic nitrogens is 1. The molecule has 1 N–H and O–H groups in total. The fourth-order valence-electron chi connectivity index (χ4n) is 3.19. The second kappa shape index (κ2) is 6.07. The van der Waals surface area contributed by atoms with Crippen molar-refractivity contribution in [2.75, 3.05) is 0 Å². The van der Waals surface area contributed by atoms with Crippen molar-refractivity contribution >= 4 is 22.8 Å². The van der Waals surface area contributed by atoms with Crippen molar-refractivity contribution in [3.8, 4) is 0 Å². The maximum absolute atomic E-state index is 12.7. The van der Waals surface area contributed by atoms with E-state index in [0.717, 1.165) is 35.9 Å². The number of carbonyl (C=O) groups is 2. The van der Waals surface area contributed by atoms with E-state index in [1.807, 2.05) is 30.5 Å². The van der Waals surface area contributed by atoms with Crippen molar-refractivity contribution < 1.29 is 14.7 Å². The Kier molecular flexibility index (Phi) is 4.11. The van der Waals surface area contributed by atoms with Gasteiger partial charge >= 0.3 is 5.97 Å². The molecule has 1 fully saturated rings. The predicted octanol–water partition coefficient (Wildman–Crippen LogP) is 2.67. The van der Waals surface area contributed by atoms with E-state index in [1.54, 1.807) is 11.8 Å². The van der Waals surface area contributed by atoms with Crippen LogP contribution in [0.4, 0.5) is 0 Å². The number of para-hydroxylation sites is 1. The Morgan fingerprint density at radius 1 is 1.35 bits per heavy atom. The highest BCUT2D eigenvalue weighted by Gasteiger charge is 2.38. The first-order chi connectivity index (χ1) is 11.0.